The van der Waals surface area contributed by atoms with Gasteiger partial charge in [-0.05, 0) is 66.5 Å². The molecule has 1 aromatic carbocycles. The lowest BCUT2D eigenvalue weighted by atomic mass is 10.1. The van der Waals surface area contributed by atoms with Gasteiger partial charge in [-0.2, -0.15) is 4.31 Å². The van der Waals surface area contributed by atoms with E-state index in [1.54, 1.807) is 13.1 Å². The Bertz CT molecular complexity index is 599. The van der Waals surface area contributed by atoms with Crippen LogP contribution in [0.5, 0.6) is 0 Å². The lowest BCUT2D eigenvalue weighted by Gasteiger charge is -2.31. The number of halogens is 2. The summed E-state index contributed by atoms with van der Waals surface area (Å²) in [5.74, 6) is 0. The van der Waals surface area contributed by atoms with E-state index in [9.17, 15) is 8.42 Å². The summed E-state index contributed by atoms with van der Waals surface area (Å²) in [6.07, 6.45) is 1.70. The van der Waals surface area contributed by atoms with Gasteiger partial charge >= 0.3 is 0 Å². The minimum Gasteiger partial charge on any atom is -0.317 e. The van der Waals surface area contributed by atoms with Crippen molar-refractivity contribution in [2.75, 3.05) is 20.1 Å². The van der Waals surface area contributed by atoms with E-state index in [0.717, 1.165) is 36.0 Å². The standard InChI is InChI=1S/C13H18Br2N2O2S/c1-9-7-12(15)13(8-11(9)14)20(18,19)17(2)10-3-5-16-6-4-10/h7-8,10,16H,3-6H2,1-2H3. The smallest absolute Gasteiger partial charge is 0.244 e. The number of hydrogen-bond acceptors (Lipinski definition) is 3. The third-order valence-electron chi connectivity index (χ3n) is 3.69. The largest absolute Gasteiger partial charge is 0.317 e. The molecule has 1 aromatic rings. The fourth-order valence-corrected chi connectivity index (χ4v) is 5.40. The van der Waals surface area contributed by atoms with E-state index >= 15 is 0 Å². The van der Waals surface area contributed by atoms with Crippen LogP contribution in [0, 0.1) is 6.92 Å². The van der Waals surface area contributed by atoms with Gasteiger partial charge in [-0.3, -0.25) is 0 Å². The second-order valence-corrected chi connectivity index (χ2v) is 8.71. The van der Waals surface area contributed by atoms with Crippen molar-refractivity contribution in [1.82, 2.24) is 9.62 Å². The van der Waals surface area contributed by atoms with Crippen LogP contribution >= 0.6 is 31.9 Å². The summed E-state index contributed by atoms with van der Waals surface area (Å²) >= 11 is 6.77. The average Bonchev–Trinajstić information content (AvgIpc) is 2.42. The molecule has 1 aliphatic heterocycles. The number of benzene rings is 1. The highest BCUT2D eigenvalue weighted by Gasteiger charge is 2.30. The third-order valence-corrected chi connectivity index (χ3v) is 7.42. The summed E-state index contributed by atoms with van der Waals surface area (Å²) < 4.78 is 28.5. The van der Waals surface area contributed by atoms with Crippen molar-refractivity contribution >= 4 is 41.9 Å². The Morgan fingerprint density at radius 2 is 1.80 bits per heavy atom. The predicted octanol–water partition coefficient (Wildman–Crippen LogP) is 2.89. The van der Waals surface area contributed by atoms with Gasteiger partial charge in [-0.1, -0.05) is 15.9 Å². The van der Waals surface area contributed by atoms with Gasteiger partial charge < -0.3 is 5.32 Å². The minimum atomic E-state index is -3.48. The van der Waals surface area contributed by atoms with Crippen LogP contribution < -0.4 is 5.32 Å². The van der Waals surface area contributed by atoms with Crippen molar-refractivity contribution in [3.8, 4) is 0 Å². The zero-order valence-electron chi connectivity index (χ0n) is 11.5. The van der Waals surface area contributed by atoms with E-state index in [0.29, 0.717) is 9.37 Å². The fraction of sp³-hybridized carbons (Fsp3) is 0.538. The van der Waals surface area contributed by atoms with Gasteiger partial charge in [0.25, 0.3) is 0 Å². The van der Waals surface area contributed by atoms with Gasteiger partial charge in [0, 0.05) is 22.0 Å². The molecular weight excluding hydrogens is 408 g/mol. The molecule has 4 nitrogen and oxygen atoms in total. The second-order valence-electron chi connectivity index (χ2n) is 5.03. The number of sulfonamides is 1. The number of hydrogen-bond donors (Lipinski definition) is 1. The van der Waals surface area contributed by atoms with Crippen LogP contribution in [0.1, 0.15) is 18.4 Å². The van der Waals surface area contributed by atoms with Crippen molar-refractivity contribution in [1.29, 1.82) is 0 Å². The zero-order chi connectivity index (χ0) is 14.9. The van der Waals surface area contributed by atoms with Crippen LogP contribution in [0.2, 0.25) is 0 Å². The van der Waals surface area contributed by atoms with Crippen molar-refractivity contribution in [3.63, 3.8) is 0 Å². The maximum Gasteiger partial charge on any atom is 0.244 e. The minimum absolute atomic E-state index is 0.0632. The number of piperidine rings is 1. The molecule has 1 fully saturated rings. The van der Waals surface area contributed by atoms with Crippen LogP contribution in [-0.2, 0) is 10.0 Å². The monoisotopic (exact) mass is 424 g/mol. The average molecular weight is 426 g/mol. The SMILES string of the molecule is Cc1cc(Br)c(S(=O)(=O)N(C)C2CCNCC2)cc1Br. The molecule has 0 aliphatic carbocycles. The summed E-state index contributed by atoms with van der Waals surface area (Å²) in [5.41, 5.74) is 1.00. The first kappa shape index (κ1) is 16.4. The van der Waals surface area contributed by atoms with Gasteiger partial charge in [-0.25, -0.2) is 8.42 Å². The van der Waals surface area contributed by atoms with Crippen LogP contribution in [0.3, 0.4) is 0 Å². The molecule has 1 heterocycles. The molecule has 0 amide bonds. The Balaban J connectivity index is 2.36. The van der Waals surface area contributed by atoms with Gasteiger partial charge in [0.2, 0.25) is 10.0 Å². The lowest BCUT2D eigenvalue weighted by molar-refractivity contribution is 0.296. The Labute approximate surface area is 137 Å². The maximum absolute atomic E-state index is 12.8. The molecule has 1 aliphatic rings. The first-order valence-corrected chi connectivity index (χ1v) is 9.51. The van der Waals surface area contributed by atoms with Crippen molar-refractivity contribution < 1.29 is 8.42 Å². The third kappa shape index (κ3) is 3.27. The molecule has 20 heavy (non-hydrogen) atoms. The molecule has 1 saturated heterocycles. The summed E-state index contributed by atoms with van der Waals surface area (Å²) in [6, 6.07) is 3.56. The topological polar surface area (TPSA) is 49.4 Å². The highest BCUT2D eigenvalue weighted by Crippen LogP contribution is 2.31. The van der Waals surface area contributed by atoms with E-state index in [-0.39, 0.29) is 6.04 Å². The van der Waals surface area contributed by atoms with Crippen LogP contribution in [0.15, 0.2) is 26.0 Å². The summed E-state index contributed by atoms with van der Waals surface area (Å²) in [6.45, 7) is 3.66. The van der Waals surface area contributed by atoms with Crippen LogP contribution in [0.4, 0.5) is 0 Å². The van der Waals surface area contributed by atoms with Crippen LogP contribution in [-0.4, -0.2) is 38.9 Å². The normalized spacial score (nSPS) is 17.6. The Hall–Kier alpha value is 0.0500. The fourth-order valence-electron chi connectivity index (χ4n) is 2.35. The van der Waals surface area contributed by atoms with Gasteiger partial charge in [0.15, 0.2) is 0 Å². The molecule has 0 aromatic heterocycles. The Kier molecular flexibility index (Phi) is 5.29. The first-order chi connectivity index (χ1) is 9.34. The van der Waals surface area contributed by atoms with E-state index < -0.39 is 10.0 Å². The molecule has 2 rings (SSSR count). The quantitative estimate of drug-likeness (QED) is 0.809. The molecule has 0 bridgehead atoms. The van der Waals surface area contributed by atoms with Crippen molar-refractivity contribution in [3.05, 3.63) is 26.6 Å². The molecular formula is C13H18Br2N2O2S. The first-order valence-electron chi connectivity index (χ1n) is 6.48. The number of nitrogens with one attached hydrogen (secondary N) is 1. The predicted molar refractivity (Wildman–Crippen MR) is 87.4 cm³/mol. The summed E-state index contributed by atoms with van der Waals surface area (Å²) in [7, 11) is -1.81. The molecule has 0 spiro atoms. The van der Waals surface area contributed by atoms with E-state index in [1.807, 2.05) is 13.0 Å². The Morgan fingerprint density at radius 3 is 2.40 bits per heavy atom. The van der Waals surface area contributed by atoms with Gasteiger partial charge in [-0.15, -0.1) is 0 Å². The van der Waals surface area contributed by atoms with Crippen LogP contribution in [0.25, 0.3) is 0 Å². The zero-order valence-corrected chi connectivity index (χ0v) is 15.5. The number of nitrogens with zero attached hydrogens (tertiary/aromatic N) is 1. The van der Waals surface area contributed by atoms with E-state index in [4.69, 9.17) is 0 Å². The summed E-state index contributed by atoms with van der Waals surface area (Å²) in [4.78, 5) is 0.316. The number of aryl methyl sites for hydroxylation is 1. The van der Waals surface area contributed by atoms with E-state index in [2.05, 4.69) is 37.2 Å². The highest BCUT2D eigenvalue weighted by molar-refractivity contribution is 9.11. The number of rotatable bonds is 3. The van der Waals surface area contributed by atoms with E-state index in [1.165, 1.54) is 4.31 Å². The van der Waals surface area contributed by atoms with Crippen molar-refractivity contribution in [2.45, 2.75) is 30.7 Å². The summed E-state index contributed by atoms with van der Waals surface area (Å²) in [5, 5.41) is 3.25. The Morgan fingerprint density at radius 1 is 1.20 bits per heavy atom. The molecule has 1 N–H and O–H groups in total. The van der Waals surface area contributed by atoms with Crippen molar-refractivity contribution in [2.24, 2.45) is 0 Å². The molecule has 7 heteroatoms. The molecule has 112 valence electrons. The lowest BCUT2D eigenvalue weighted by Crippen LogP contribution is -2.43. The molecule has 0 saturated carbocycles. The highest BCUT2D eigenvalue weighted by atomic mass is 79.9. The molecule has 0 radical (unpaired) electrons. The second kappa shape index (κ2) is 6.44. The maximum atomic E-state index is 12.8. The molecule has 0 atom stereocenters. The van der Waals surface area contributed by atoms with Gasteiger partial charge in [0.05, 0.1) is 4.90 Å². The van der Waals surface area contributed by atoms with Gasteiger partial charge in [0.1, 0.15) is 0 Å². The molecule has 0 unspecified atom stereocenters.